The highest BCUT2D eigenvalue weighted by atomic mass is 35.5. The molecule has 0 amide bonds. The van der Waals surface area contributed by atoms with Crippen molar-refractivity contribution in [1.82, 2.24) is 0 Å². The molecule has 0 aromatic heterocycles. The van der Waals surface area contributed by atoms with Gasteiger partial charge in [-0.3, -0.25) is 10.1 Å². The summed E-state index contributed by atoms with van der Waals surface area (Å²) < 4.78 is 23.7. The molecule has 0 aliphatic heterocycles. The Morgan fingerprint density at radius 2 is 2.04 bits per heavy atom. The molecule has 0 spiro atoms. The van der Waals surface area contributed by atoms with Gasteiger partial charge in [-0.15, -0.1) is 0 Å². The molecule has 0 saturated carbocycles. The Morgan fingerprint density at radius 3 is 2.71 bits per heavy atom. The largest absolute Gasteiger partial charge is 0.373 e. The van der Waals surface area contributed by atoms with Gasteiger partial charge in [0.25, 0.3) is 0 Å². The predicted molar refractivity (Wildman–Crippen MR) is 92.3 cm³/mol. The van der Waals surface area contributed by atoms with E-state index in [0.29, 0.717) is 5.02 Å². The molecule has 1 N–H and O–H groups in total. The quantitative estimate of drug-likeness (QED) is 0.657. The third-order valence-corrected chi connectivity index (χ3v) is 5.46. The number of nitrogens with one attached hydrogen (secondary N) is 1. The van der Waals surface area contributed by atoms with Crippen molar-refractivity contribution < 1.29 is 13.3 Å². The number of aryl methyl sites for hydroxylation is 1. The molecule has 1 aliphatic carbocycles. The minimum atomic E-state index is -3.70. The molecule has 1 unspecified atom stereocenters. The zero-order valence-electron chi connectivity index (χ0n) is 12.8. The highest BCUT2D eigenvalue weighted by Crippen LogP contribution is 2.39. The van der Waals surface area contributed by atoms with Gasteiger partial charge in [0.05, 0.1) is 11.0 Å². The van der Waals surface area contributed by atoms with Crippen molar-refractivity contribution in [3.8, 4) is 0 Å². The molecule has 2 aromatic rings. The summed E-state index contributed by atoms with van der Waals surface area (Å²) in [6.07, 6.45) is 2.54. The summed E-state index contributed by atoms with van der Waals surface area (Å²) in [7, 11) is -3.70. The van der Waals surface area contributed by atoms with Gasteiger partial charge in [0.15, 0.2) is 9.84 Å². The van der Waals surface area contributed by atoms with Crippen LogP contribution in [0.1, 0.15) is 23.6 Å². The average molecular weight is 367 g/mol. The summed E-state index contributed by atoms with van der Waals surface area (Å²) >= 11 is 5.99. The number of anilines is 1. The fourth-order valence-corrected chi connectivity index (χ4v) is 4.11. The number of fused-ring (bicyclic) bond motifs is 1. The molecule has 24 heavy (non-hydrogen) atoms. The van der Waals surface area contributed by atoms with Gasteiger partial charge >= 0.3 is 5.69 Å². The first-order chi connectivity index (χ1) is 11.3. The van der Waals surface area contributed by atoms with Gasteiger partial charge in [0.1, 0.15) is 10.6 Å². The summed E-state index contributed by atoms with van der Waals surface area (Å²) in [4.78, 5) is 10.5. The maximum atomic E-state index is 11.8. The van der Waals surface area contributed by atoms with Crippen molar-refractivity contribution in [3.05, 3.63) is 62.7 Å². The number of nitrogens with zero attached hydrogens (tertiary/aromatic N) is 1. The predicted octanol–water partition coefficient (Wildman–Crippen LogP) is 3.75. The van der Waals surface area contributed by atoms with Crippen LogP contribution in [-0.4, -0.2) is 19.6 Å². The molecule has 0 saturated heterocycles. The van der Waals surface area contributed by atoms with Gasteiger partial charge in [0.2, 0.25) is 0 Å². The first-order valence-corrected chi connectivity index (χ1v) is 9.56. The molecule has 0 radical (unpaired) electrons. The van der Waals surface area contributed by atoms with Crippen LogP contribution in [0.5, 0.6) is 0 Å². The lowest BCUT2D eigenvalue weighted by molar-refractivity contribution is -0.386. The molecular weight excluding hydrogens is 352 g/mol. The molecule has 0 fully saturated rings. The average Bonchev–Trinajstić information content (AvgIpc) is 2.88. The molecule has 126 valence electrons. The van der Waals surface area contributed by atoms with E-state index in [1.807, 2.05) is 12.1 Å². The van der Waals surface area contributed by atoms with Crippen LogP contribution in [-0.2, 0) is 16.3 Å². The summed E-state index contributed by atoms with van der Waals surface area (Å²) in [5.41, 5.74) is 1.92. The molecular formula is C16H15ClN2O4S. The number of nitro benzene ring substituents is 1. The van der Waals surface area contributed by atoms with E-state index in [0.717, 1.165) is 30.2 Å². The van der Waals surface area contributed by atoms with Crippen LogP contribution in [0.25, 0.3) is 0 Å². The first-order valence-electron chi connectivity index (χ1n) is 7.29. The number of hydrogen-bond acceptors (Lipinski definition) is 5. The SMILES string of the molecule is CS(=O)(=O)c1cccc(NC2CCc3cc(Cl)ccc32)c1[N+](=O)[O-]. The van der Waals surface area contributed by atoms with E-state index in [4.69, 9.17) is 11.6 Å². The first kappa shape index (κ1) is 16.7. The van der Waals surface area contributed by atoms with E-state index in [1.54, 1.807) is 6.07 Å². The van der Waals surface area contributed by atoms with Crippen molar-refractivity contribution >= 4 is 32.8 Å². The minimum Gasteiger partial charge on any atom is -0.373 e. The fourth-order valence-electron chi connectivity index (χ4n) is 3.05. The lowest BCUT2D eigenvalue weighted by Crippen LogP contribution is -2.11. The Hall–Kier alpha value is -2.12. The number of halogens is 1. The maximum Gasteiger partial charge on any atom is 0.310 e. The van der Waals surface area contributed by atoms with Crippen LogP contribution in [0, 0.1) is 10.1 Å². The topological polar surface area (TPSA) is 89.3 Å². The minimum absolute atomic E-state index is 0.120. The van der Waals surface area contributed by atoms with E-state index < -0.39 is 20.4 Å². The molecule has 3 rings (SSSR count). The van der Waals surface area contributed by atoms with Gasteiger partial charge in [0, 0.05) is 11.3 Å². The van der Waals surface area contributed by atoms with Crippen LogP contribution in [0.3, 0.4) is 0 Å². The Kier molecular flexibility index (Phi) is 4.23. The number of nitro groups is 1. The van der Waals surface area contributed by atoms with E-state index in [2.05, 4.69) is 5.32 Å². The summed E-state index contributed by atoms with van der Waals surface area (Å²) in [6, 6.07) is 9.73. The Labute approximate surface area is 144 Å². The van der Waals surface area contributed by atoms with E-state index in [1.165, 1.54) is 18.2 Å². The normalized spacial score (nSPS) is 16.7. The summed E-state index contributed by atoms with van der Waals surface area (Å²) in [5, 5.41) is 15.2. The molecule has 2 aromatic carbocycles. The standard InChI is InChI=1S/C16H15ClN2O4S/c1-24(22,23)15-4-2-3-14(16(15)19(20)21)18-13-8-5-10-9-11(17)6-7-12(10)13/h2-4,6-7,9,13,18H,5,8H2,1H3. The third kappa shape index (κ3) is 3.09. The fraction of sp³-hybridized carbons (Fsp3) is 0.250. The Bertz CT molecular complexity index is 928. The number of sulfone groups is 1. The zero-order valence-corrected chi connectivity index (χ0v) is 14.4. The van der Waals surface area contributed by atoms with Gasteiger partial charge < -0.3 is 5.32 Å². The van der Waals surface area contributed by atoms with Gasteiger partial charge in [-0.25, -0.2) is 8.42 Å². The molecule has 1 aliphatic rings. The van der Waals surface area contributed by atoms with Crippen LogP contribution in [0.4, 0.5) is 11.4 Å². The smallest absolute Gasteiger partial charge is 0.310 e. The van der Waals surface area contributed by atoms with Gasteiger partial charge in [-0.1, -0.05) is 23.7 Å². The Balaban J connectivity index is 2.02. The van der Waals surface area contributed by atoms with Gasteiger partial charge in [-0.2, -0.15) is 0 Å². The van der Waals surface area contributed by atoms with Crippen molar-refractivity contribution in [1.29, 1.82) is 0 Å². The van der Waals surface area contributed by atoms with Gasteiger partial charge in [-0.05, 0) is 48.2 Å². The second-order valence-electron chi connectivity index (χ2n) is 5.76. The van der Waals surface area contributed by atoms with Crippen molar-refractivity contribution in [3.63, 3.8) is 0 Å². The molecule has 1 atom stereocenters. The lowest BCUT2D eigenvalue weighted by Gasteiger charge is -2.16. The lowest BCUT2D eigenvalue weighted by atomic mass is 10.1. The maximum absolute atomic E-state index is 11.8. The Morgan fingerprint density at radius 1 is 1.29 bits per heavy atom. The van der Waals surface area contributed by atoms with Crippen LogP contribution in [0.15, 0.2) is 41.3 Å². The van der Waals surface area contributed by atoms with Crippen LogP contribution < -0.4 is 5.32 Å². The number of hydrogen-bond donors (Lipinski definition) is 1. The van der Waals surface area contributed by atoms with E-state index >= 15 is 0 Å². The molecule has 0 bridgehead atoms. The van der Waals surface area contributed by atoms with Crippen molar-refractivity contribution in [2.24, 2.45) is 0 Å². The van der Waals surface area contributed by atoms with Crippen molar-refractivity contribution in [2.75, 3.05) is 11.6 Å². The monoisotopic (exact) mass is 366 g/mol. The summed E-state index contributed by atoms with van der Waals surface area (Å²) in [6.45, 7) is 0. The van der Waals surface area contributed by atoms with E-state index in [-0.39, 0.29) is 16.6 Å². The van der Waals surface area contributed by atoms with Crippen LogP contribution >= 0.6 is 11.6 Å². The number of para-hydroxylation sites is 1. The molecule has 8 heteroatoms. The molecule has 6 nitrogen and oxygen atoms in total. The summed E-state index contributed by atoms with van der Waals surface area (Å²) in [5.74, 6) is 0. The van der Waals surface area contributed by atoms with Crippen LogP contribution in [0.2, 0.25) is 5.02 Å². The molecule has 0 heterocycles. The zero-order chi connectivity index (χ0) is 17.5. The number of benzene rings is 2. The second kappa shape index (κ2) is 6.07. The highest BCUT2D eigenvalue weighted by molar-refractivity contribution is 7.90. The highest BCUT2D eigenvalue weighted by Gasteiger charge is 2.29. The van der Waals surface area contributed by atoms with E-state index in [9.17, 15) is 18.5 Å². The number of rotatable bonds is 4. The third-order valence-electron chi connectivity index (χ3n) is 4.09. The second-order valence-corrected chi connectivity index (χ2v) is 8.18. The van der Waals surface area contributed by atoms with Crippen molar-refractivity contribution in [2.45, 2.75) is 23.8 Å².